The summed E-state index contributed by atoms with van der Waals surface area (Å²) < 4.78 is 45.3. The minimum Gasteiger partial charge on any atom is -0.495 e. The van der Waals surface area contributed by atoms with E-state index in [1.54, 1.807) is 6.07 Å². The number of nitrogens with zero attached hydrogens (tertiary/aromatic N) is 2. The van der Waals surface area contributed by atoms with Crippen molar-refractivity contribution in [3.05, 3.63) is 64.3 Å². The molecule has 154 valence electrons. The Morgan fingerprint density at radius 1 is 1.31 bits per heavy atom. The van der Waals surface area contributed by atoms with Crippen molar-refractivity contribution in [3.63, 3.8) is 0 Å². The molecular formula is C17H12F3I2N3O4. The summed E-state index contributed by atoms with van der Waals surface area (Å²) in [7, 11) is 1.49. The van der Waals surface area contributed by atoms with Crippen LogP contribution in [-0.4, -0.2) is 24.2 Å². The first kappa shape index (κ1) is 23.3. The van der Waals surface area contributed by atoms with Gasteiger partial charge in [-0.1, -0.05) is 6.07 Å². The molecule has 0 aromatic heterocycles. The lowest BCUT2D eigenvalue weighted by atomic mass is 10.1. The molecule has 12 heteroatoms. The number of nitro benzene ring substituents is 1. The van der Waals surface area contributed by atoms with Crippen molar-refractivity contribution in [2.45, 2.75) is 12.6 Å². The summed E-state index contributed by atoms with van der Waals surface area (Å²) in [5.41, 5.74) is 0.707. The number of alkyl halides is 3. The van der Waals surface area contributed by atoms with Crippen LogP contribution in [0.5, 0.6) is 5.75 Å². The topological polar surface area (TPSA) is 93.8 Å². The summed E-state index contributed by atoms with van der Waals surface area (Å²) in [5, 5.41) is 14.9. The monoisotopic (exact) mass is 633 g/mol. The van der Waals surface area contributed by atoms with Crippen LogP contribution in [0.2, 0.25) is 0 Å². The Morgan fingerprint density at radius 2 is 2.00 bits per heavy atom. The van der Waals surface area contributed by atoms with E-state index in [9.17, 15) is 28.1 Å². The molecule has 29 heavy (non-hydrogen) atoms. The summed E-state index contributed by atoms with van der Waals surface area (Å²) in [4.78, 5) is 22.2. The zero-order valence-corrected chi connectivity index (χ0v) is 18.9. The Balaban J connectivity index is 2.16. The Kier molecular flexibility index (Phi) is 7.79. The third kappa shape index (κ3) is 6.25. The second-order valence-electron chi connectivity index (χ2n) is 5.58. The number of hydrogen-bond donors (Lipinski definition) is 1. The van der Waals surface area contributed by atoms with Crippen molar-refractivity contribution in [3.8, 4) is 5.75 Å². The number of carbonyl (C=O) groups excluding carboxylic acids is 1. The third-order valence-corrected chi connectivity index (χ3v) is 5.02. The number of amides is 1. The normalized spacial score (nSPS) is 11.5. The number of nitrogens with one attached hydrogen (secondary N) is 1. The van der Waals surface area contributed by atoms with Crippen LogP contribution in [0.15, 0.2) is 35.4 Å². The molecule has 0 aliphatic carbocycles. The summed E-state index contributed by atoms with van der Waals surface area (Å²) in [6.45, 7) is 0. The molecule has 0 heterocycles. The highest BCUT2D eigenvalue weighted by Crippen LogP contribution is 2.33. The minimum atomic E-state index is -4.72. The van der Waals surface area contributed by atoms with Gasteiger partial charge in [0, 0.05) is 20.8 Å². The molecule has 0 spiro atoms. The predicted octanol–water partition coefficient (Wildman–Crippen LogP) is 4.52. The standard InChI is InChI=1S/C17H12F3I2N3O4/c1-29-16-10(4-12(21)7-13(16)22)8-23-24-15(26)5-9-2-3-11(17(18,19)20)6-14(9)25(27)28/h2-4,6-8H,5H2,1H3,(H,24,26)/b23-8-. The fourth-order valence-corrected chi connectivity index (χ4v) is 4.45. The highest BCUT2D eigenvalue weighted by atomic mass is 127. The molecule has 0 atom stereocenters. The third-order valence-electron chi connectivity index (χ3n) is 3.59. The van der Waals surface area contributed by atoms with Crippen molar-refractivity contribution in [2.24, 2.45) is 5.10 Å². The van der Waals surface area contributed by atoms with Crippen LogP contribution in [0, 0.1) is 17.3 Å². The quantitative estimate of drug-likeness (QED) is 0.219. The van der Waals surface area contributed by atoms with Crippen molar-refractivity contribution in [1.82, 2.24) is 5.43 Å². The van der Waals surface area contributed by atoms with Crippen LogP contribution in [0.3, 0.4) is 0 Å². The Hall–Kier alpha value is -1.97. The van der Waals surface area contributed by atoms with E-state index in [1.807, 2.05) is 6.07 Å². The number of halogens is 5. The Labute approximate surface area is 190 Å². The number of carbonyl (C=O) groups is 1. The number of hydrogen-bond acceptors (Lipinski definition) is 5. The van der Waals surface area contributed by atoms with E-state index < -0.39 is 34.7 Å². The summed E-state index contributed by atoms with van der Waals surface area (Å²) >= 11 is 4.20. The van der Waals surface area contributed by atoms with Gasteiger partial charge in [0.1, 0.15) is 5.75 Å². The van der Waals surface area contributed by atoms with Crippen LogP contribution in [0.25, 0.3) is 0 Å². The zero-order chi connectivity index (χ0) is 21.8. The minimum absolute atomic E-state index is 0.155. The van der Waals surface area contributed by atoms with Gasteiger partial charge in [-0.05, 0) is 63.4 Å². The highest BCUT2D eigenvalue weighted by molar-refractivity contribution is 14.1. The number of nitro groups is 1. The van der Waals surface area contributed by atoms with Crippen molar-refractivity contribution in [2.75, 3.05) is 7.11 Å². The van der Waals surface area contributed by atoms with E-state index in [4.69, 9.17) is 4.74 Å². The molecule has 0 bridgehead atoms. The fraction of sp³-hybridized carbons (Fsp3) is 0.176. The highest BCUT2D eigenvalue weighted by Gasteiger charge is 2.33. The number of methoxy groups -OCH3 is 1. The van der Waals surface area contributed by atoms with Crippen LogP contribution in [0.1, 0.15) is 16.7 Å². The van der Waals surface area contributed by atoms with Gasteiger partial charge in [-0.15, -0.1) is 0 Å². The molecule has 1 N–H and O–H groups in total. The average molecular weight is 633 g/mol. The molecule has 2 aromatic carbocycles. The Bertz CT molecular complexity index is 981. The SMILES string of the molecule is COc1c(I)cc(I)cc1/C=N\NC(=O)Cc1ccc(C(F)(F)F)cc1[N+](=O)[O-]. The van der Waals surface area contributed by atoms with Gasteiger partial charge in [-0.2, -0.15) is 18.3 Å². The van der Waals surface area contributed by atoms with Crippen molar-refractivity contribution >= 4 is 63.0 Å². The van der Waals surface area contributed by atoms with Crippen LogP contribution in [-0.2, 0) is 17.4 Å². The van der Waals surface area contributed by atoms with E-state index in [2.05, 4.69) is 55.7 Å². The van der Waals surface area contributed by atoms with E-state index in [0.29, 0.717) is 23.4 Å². The maximum absolute atomic E-state index is 12.7. The van der Waals surface area contributed by atoms with Gasteiger partial charge < -0.3 is 4.74 Å². The van der Waals surface area contributed by atoms with Gasteiger partial charge >= 0.3 is 6.18 Å². The lowest BCUT2D eigenvalue weighted by Gasteiger charge is -2.09. The molecule has 0 saturated heterocycles. The molecule has 0 saturated carbocycles. The zero-order valence-electron chi connectivity index (χ0n) is 14.6. The number of rotatable bonds is 6. The lowest BCUT2D eigenvalue weighted by molar-refractivity contribution is -0.385. The van der Waals surface area contributed by atoms with E-state index in [1.165, 1.54) is 13.3 Å². The predicted molar refractivity (Wildman–Crippen MR) is 116 cm³/mol. The van der Waals surface area contributed by atoms with Gasteiger partial charge in [0.2, 0.25) is 5.91 Å². The molecule has 2 aromatic rings. The molecule has 0 fully saturated rings. The van der Waals surface area contributed by atoms with E-state index in [-0.39, 0.29) is 5.56 Å². The summed E-state index contributed by atoms with van der Waals surface area (Å²) in [6.07, 6.45) is -3.88. The number of ether oxygens (including phenoxy) is 1. The molecule has 0 radical (unpaired) electrons. The first-order valence-electron chi connectivity index (χ1n) is 7.72. The van der Waals surface area contributed by atoms with Crippen molar-refractivity contribution in [1.29, 1.82) is 0 Å². The van der Waals surface area contributed by atoms with Gasteiger partial charge in [-0.3, -0.25) is 14.9 Å². The average Bonchev–Trinajstić information content (AvgIpc) is 2.60. The maximum Gasteiger partial charge on any atom is 0.416 e. The first-order chi connectivity index (χ1) is 13.5. The second kappa shape index (κ2) is 9.69. The largest absolute Gasteiger partial charge is 0.495 e. The second-order valence-corrected chi connectivity index (χ2v) is 7.99. The molecule has 7 nitrogen and oxygen atoms in total. The molecule has 0 aliphatic heterocycles. The van der Waals surface area contributed by atoms with Crippen LogP contribution < -0.4 is 10.2 Å². The fourth-order valence-electron chi connectivity index (χ4n) is 2.34. The summed E-state index contributed by atoms with van der Waals surface area (Å²) in [6, 6.07) is 5.68. The van der Waals surface area contributed by atoms with Crippen LogP contribution in [0.4, 0.5) is 18.9 Å². The van der Waals surface area contributed by atoms with Crippen LogP contribution >= 0.6 is 45.2 Å². The number of benzene rings is 2. The lowest BCUT2D eigenvalue weighted by Crippen LogP contribution is -2.20. The smallest absolute Gasteiger partial charge is 0.416 e. The van der Waals surface area contributed by atoms with E-state index in [0.717, 1.165) is 13.2 Å². The Morgan fingerprint density at radius 3 is 2.59 bits per heavy atom. The van der Waals surface area contributed by atoms with E-state index >= 15 is 0 Å². The molecule has 0 unspecified atom stereocenters. The van der Waals surface area contributed by atoms with Gasteiger partial charge in [0.05, 0.1) is 33.8 Å². The van der Waals surface area contributed by atoms with Gasteiger partial charge in [0.15, 0.2) is 0 Å². The molecule has 0 aliphatic rings. The number of hydrazone groups is 1. The summed E-state index contributed by atoms with van der Waals surface area (Å²) in [5.74, 6) is -0.161. The van der Waals surface area contributed by atoms with Crippen molar-refractivity contribution < 1.29 is 27.6 Å². The first-order valence-corrected chi connectivity index (χ1v) is 9.88. The van der Waals surface area contributed by atoms with Gasteiger partial charge in [-0.25, -0.2) is 5.43 Å². The molecular weight excluding hydrogens is 621 g/mol. The molecule has 2 rings (SSSR count). The van der Waals surface area contributed by atoms with Gasteiger partial charge in [0.25, 0.3) is 5.69 Å². The maximum atomic E-state index is 12.7. The molecule has 1 amide bonds.